The van der Waals surface area contributed by atoms with Crippen molar-refractivity contribution in [1.29, 1.82) is 0 Å². The Morgan fingerprint density at radius 2 is 1.52 bits per heavy atom. The van der Waals surface area contributed by atoms with Gasteiger partial charge in [-0.1, -0.05) is 17.7 Å². The summed E-state index contributed by atoms with van der Waals surface area (Å²) in [5.41, 5.74) is 2.67. The van der Waals surface area contributed by atoms with Crippen molar-refractivity contribution >= 4 is 15.8 Å². The predicted molar refractivity (Wildman–Crippen MR) is 105 cm³/mol. The zero-order valence-corrected chi connectivity index (χ0v) is 17.3. The summed E-state index contributed by atoms with van der Waals surface area (Å²) in [6.45, 7) is 9.49. The Morgan fingerprint density at radius 1 is 0.926 bits per heavy atom. The summed E-state index contributed by atoms with van der Waals surface area (Å²) < 4.78 is 33.2. The average molecular weight is 391 g/mol. The minimum absolute atomic E-state index is 0.417. The predicted octanol–water partition coefficient (Wildman–Crippen LogP) is 2.23. The highest BCUT2D eigenvalue weighted by molar-refractivity contribution is 7.89. The first-order chi connectivity index (χ1) is 12.7. The molecule has 0 N–H and O–H groups in total. The van der Waals surface area contributed by atoms with Gasteiger partial charge >= 0.3 is 0 Å². The second kappa shape index (κ2) is 7.44. The van der Waals surface area contributed by atoms with Crippen molar-refractivity contribution in [2.24, 2.45) is 0 Å². The van der Waals surface area contributed by atoms with Gasteiger partial charge in [-0.25, -0.2) is 13.4 Å². The van der Waals surface area contributed by atoms with Crippen molar-refractivity contribution in [2.45, 2.75) is 32.6 Å². The maximum Gasteiger partial charge on any atom is 0.243 e. The average Bonchev–Trinajstić information content (AvgIpc) is 2.60. The van der Waals surface area contributed by atoms with E-state index in [0.717, 1.165) is 22.5 Å². The molecule has 0 aliphatic carbocycles. The number of benzene rings is 1. The molecule has 2 aromatic rings. The van der Waals surface area contributed by atoms with E-state index in [1.54, 1.807) is 17.5 Å². The number of piperazine rings is 1. The SMILES string of the molecule is COc1cc(N2CCN(S(=O)(=O)c3c(C)cc(C)cc3C)CC2)nc(C)n1. The number of rotatable bonds is 4. The maximum absolute atomic E-state index is 13.2. The molecule has 1 aromatic heterocycles. The van der Waals surface area contributed by atoms with Crippen LogP contribution in [0.5, 0.6) is 5.88 Å². The quantitative estimate of drug-likeness (QED) is 0.797. The Bertz CT molecular complexity index is 928. The summed E-state index contributed by atoms with van der Waals surface area (Å²) in [5, 5.41) is 0. The van der Waals surface area contributed by atoms with Gasteiger partial charge in [-0.2, -0.15) is 9.29 Å². The summed E-state index contributed by atoms with van der Waals surface area (Å²) in [7, 11) is -1.95. The summed E-state index contributed by atoms with van der Waals surface area (Å²) in [4.78, 5) is 11.2. The van der Waals surface area contributed by atoms with E-state index in [-0.39, 0.29) is 0 Å². The van der Waals surface area contributed by atoms with Crippen molar-refractivity contribution in [3.63, 3.8) is 0 Å². The topological polar surface area (TPSA) is 75.6 Å². The molecule has 7 nitrogen and oxygen atoms in total. The van der Waals surface area contributed by atoms with E-state index in [4.69, 9.17) is 4.74 Å². The monoisotopic (exact) mass is 390 g/mol. The third-order valence-electron chi connectivity index (χ3n) is 4.78. The number of hydrogen-bond acceptors (Lipinski definition) is 6. The van der Waals surface area contributed by atoms with Gasteiger partial charge in [-0.3, -0.25) is 0 Å². The number of sulfonamides is 1. The fraction of sp³-hybridized carbons (Fsp3) is 0.474. The summed E-state index contributed by atoms with van der Waals surface area (Å²) in [6, 6.07) is 5.63. The summed E-state index contributed by atoms with van der Waals surface area (Å²) in [5.74, 6) is 1.91. The Morgan fingerprint density at radius 3 is 2.07 bits per heavy atom. The lowest BCUT2D eigenvalue weighted by atomic mass is 10.1. The Kier molecular flexibility index (Phi) is 5.39. The lowest BCUT2D eigenvalue weighted by Gasteiger charge is -2.35. The van der Waals surface area contributed by atoms with Gasteiger partial charge in [0, 0.05) is 32.2 Å². The number of aryl methyl sites for hydroxylation is 4. The molecule has 27 heavy (non-hydrogen) atoms. The third-order valence-corrected chi connectivity index (χ3v) is 6.98. The third kappa shape index (κ3) is 3.91. The maximum atomic E-state index is 13.2. The first-order valence-electron chi connectivity index (χ1n) is 8.95. The van der Waals surface area contributed by atoms with Gasteiger partial charge in [0.15, 0.2) is 0 Å². The van der Waals surface area contributed by atoms with Crippen molar-refractivity contribution in [1.82, 2.24) is 14.3 Å². The fourth-order valence-electron chi connectivity index (χ4n) is 3.65. The van der Waals surface area contributed by atoms with Crippen LogP contribution >= 0.6 is 0 Å². The van der Waals surface area contributed by atoms with Gasteiger partial charge in [-0.15, -0.1) is 0 Å². The van der Waals surface area contributed by atoms with Crippen LogP contribution < -0.4 is 9.64 Å². The summed E-state index contributed by atoms with van der Waals surface area (Å²) in [6.07, 6.45) is 0. The van der Waals surface area contributed by atoms with Gasteiger partial charge in [0.25, 0.3) is 0 Å². The molecule has 0 bridgehead atoms. The zero-order chi connectivity index (χ0) is 19.8. The normalized spacial score (nSPS) is 15.8. The van der Waals surface area contributed by atoms with Crippen LogP contribution in [0.4, 0.5) is 5.82 Å². The second-order valence-electron chi connectivity index (χ2n) is 6.93. The van der Waals surface area contributed by atoms with Crippen molar-refractivity contribution in [3.8, 4) is 5.88 Å². The molecule has 2 heterocycles. The highest BCUT2D eigenvalue weighted by Crippen LogP contribution is 2.27. The minimum atomic E-state index is -3.52. The minimum Gasteiger partial charge on any atom is -0.481 e. The van der Waals surface area contributed by atoms with Crippen molar-refractivity contribution in [3.05, 3.63) is 40.7 Å². The highest BCUT2D eigenvalue weighted by atomic mass is 32.2. The number of hydrogen-bond donors (Lipinski definition) is 0. The molecule has 1 aromatic carbocycles. The van der Waals surface area contributed by atoms with Crippen LogP contribution in [0, 0.1) is 27.7 Å². The molecular formula is C19H26N4O3S. The fourth-order valence-corrected chi connectivity index (χ4v) is 5.49. The molecule has 8 heteroatoms. The molecule has 0 spiro atoms. The first-order valence-corrected chi connectivity index (χ1v) is 10.4. The number of nitrogens with zero attached hydrogens (tertiary/aromatic N) is 4. The number of methoxy groups -OCH3 is 1. The molecule has 0 unspecified atom stereocenters. The Labute approximate surface area is 161 Å². The molecule has 1 fully saturated rings. The van der Waals surface area contributed by atoms with Gasteiger partial charge in [-0.05, 0) is 38.8 Å². The number of ether oxygens (including phenoxy) is 1. The van der Waals surface area contributed by atoms with Crippen molar-refractivity contribution in [2.75, 3.05) is 38.2 Å². The van der Waals surface area contributed by atoms with E-state index in [9.17, 15) is 8.42 Å². The van der Waals surface area contributed by atoms with E-state index in [2.05, 4.69) is 14.9 Å². The second-order valence-corrected chi connectivity index (χ2v) is 8.81. The van der Waals surface area contributed by atoms with Crippen LogP contribution in [0.25, 0.3) is 0 Å². The molecule has 0 saturated carbocycles. The van der Waals surface area contributed by atoms with Crippen LogP contribution in [-0.2, 0) is 10.0 Å². The van der Waals surface area contributed by atoms with Gasteiger partial charge in [0.05, 0.1) is 12.0 Å². The number of anilines is 1. The number of aromatic nitrogens is 2. The van der Waals surface area contributed by atoms with E-state index in [1.807, 2.05) is 39.8 Å². The van der Waals surface area contributed by atoms with E-state index >= 15 is 0 Å². The van der Waals surface area contributed by atoms with Crippen molar-refractivity contribution < 1.29 is 13.2 Å². The lowest BCUT2D eigenvalue weighted by molar-refractivity contribution is 0.380. The molecule has 3 rings (SSSR count). The van der Waals surface area contributed by atoms with Crippen LogP contribution in [-0.4, -0.2) is 56.0 Å². The molecule has 1 aliphatic rings. The zero-order valence-electron chi connectivity index (χ0n) is 16.5. The highest BCUT2D eigenvalue weighted by Gasteiger charge is 2.31. The van der Waals surface area contributed by atoms with Crippen LogP contribution in [0.3, 0.4) is 0 Å². The smallest absolute Gasteiger partial charge is 0.243 e. The molecule has 0 amide bonds. The lowest BCUT2D eigenvalue weighted by Crippen LogP contribution is -2.49. The standard InChI is InChI=1S/C19H26N4O3S/c1-13-10-14(2)19(15(3)11-13)27(24,25)23-8-6-22(7-9-23)17-12-18(26-5)21-16(4)20-17/h10-12H,6-9H2,1-5H3. The molecule has 1 saturated heterocycles. The summed E-state index contributed by atoms with van der Waals surface area (Å²) >= 11 is 0. The van der Waals surface area contributed by atoms with Crippen LogP contribution in [0.2, 0.25) is 0 Å². The largest absolute Gasteiger partial charge is 0.481 e. The van der Waals surface area contributed by atoms with Gasteiger partial charge in [0.2, 0.25) is 15.9 Å². The Hall–Kier alpha value is -2.19. The molecule has 146 valence electrons. The van der Waals surface area contributed by atoms with Gasteiger partial charge < -0.3 is 9.64 Å². The molecule has 1 aliphatic heterocycles. The van der Waals surface area contributed by atoms with E-state index in [0.29, 0.717) is 42.8 Å². The Balaban J connectivity index is 1.80. The molecular weight excluding hydrogens is 364 g/mol. The van der Waals surface area contributed by atoms with Gasteiger partial charge in [0.1, 0.15) is 11.6 Å². The van der Waals surface area contributed by atoms with E-state index in [1.165, 1.54) is 0 Å². The molecule has 0 radical (unpaired) electrons. The first kappa shape index (κ1) is 19.6. The molecule has 0 atom stereocenters. The van der Waals surface area contributed by atoms with E-state index < -0.39 is 10.0 Å². The van der Waals surface area contributed by atoms with Crippen LogP contribution in [0.1, 0.15) is 22.5 Å². The van der Waals surface area contributed by atoms with Crippen LogP contribution in [0.15, 0.2) is 23.1 Å².